The molecule has 1 aromatic carbocycles. The number of unbranched alkanes of at least 4 members (excludes halogenated alkanes) is 1. The number of aryl methyl sites for hydroxylation is 2. The molecule has 0 atom stereocenters. The van der Waals surface area contributed by atoms with E-state index in [0.29, 0.717) is 6.61 Å². The maximum Gasteiger partial charge on any atom is 0.144 e. The molecule has 20 heavy (non-hydrogen) atoms. The van der Waals surface area contributed by atoms with Crippen LogP contribution in [0.25, 0.3) is 0 Å². The van der Waals surface area contributed by atoms with Crippen molar-refractivity contribution >= 4 is 5.84 Å². The fraction of sp³-hybridized carbons (Fsp3) is 0.562. The predicted molar refractivity (Wildman–Crippen MR) is 82.5 cm³/mol. The first kappa shape index (κ1) is 16.3. The van der Waals surface area contributed by atoms with Crippen molar-refractivity contribution in [3.63, 3.8) is 0 Å². The lowest BCUT2D eigenvalue weighted by atomic mass is 9.86. The van der Waals surface area contributed by atoms with Crippen molar-refractivity contribution in [3.05, 3.63) is 29.3 Å². The number of benzene rings is 1. The summed E-state index contributed by atoms with van der Waals surface area (Å²) < 4.78 is 5.76. The summed E-state index contributed by atoms with van der Waals surface area (Å²) >= 11 is 0. The largest absolute Gasteiger partial charge is 0.494 e. The number of oxime groups is 1. The van der Waals surface area contributed by atoms with Gasteiger partial charge in [0.15, 0.2) is 0 Å². The quantitative estimate of drug-likeness (QED) is 0.263. The molecule has 0 saturated carbocycles. The smallest absolute Gasteiger partial charge is 0.144 e. The van der Waals surface area contributed by atoms with Crippen LogP contribution in [-0.4, -0.2) is 17.6 Å². The molecule has 112 valence electrons. The molecule has 0 fully saturated rings. The van der Waals surface area contributed by atoms with Crippen LogP contribution in [0.4, 0.5) is 0 Å². The lowest BCUT2D eigenvalue weighted by Crippen LogP contribution is -2.31. The summed E-state index contributed by atoms with van der Waals surface area (Å²) in [5.41, 5.74) is 7.82. The average molecular weight is 278 g/mol. The van der Waals surface area contributed by atoms with Crippen LogP contribution < -0.4 is 10.5 Å². The highest BCUT2D eigenvalue weighted by molar-refractivity contribution is 5.85. The first-order valence-corrected chi connectivity index (χ1v) is 7.04. The van der Waals surface area contributed by atoms with Crippen molar-refractivity contribution in [2.75, 3.05) is 6.61 Å². The number of ether oxygens (including phenoxy) is 1. The molecule has 0 aliphatic rings. The van der Waals surface area contributed by atoms with Gasteiger partial charge in [0.25, 0.3) is 0 Å². The van der Waals surface area contributed by atoms with E-state index in [1.807, 2.05) is 26.0 Å². The van der Waals surface area contributed by atoms with Gasteiger partial charge in [0, 0.05) is 5.41 Å². The van der Waals surface area contributed by atoms with E-state index in [1.54, 1.807) is 0 Å². The number of amidine groups is 1. The highest BCUT2D eigenvalue weighted by Gasteiger charge is 2.22. The van der Waals surface area contributed by atoms with Crippen molar-refractivity contribution in [2.24, 2.45) is 16.3 Å². The van der Waals surface area contributed by atoms with Gasteiger partial charge < -0.3 is 15.7 Å². The second kappa shape index (κ2) is 7.17. The molecule has 4 nitrogen and oxygen atoms in total. The minimum Gasteiger partial charge on any atom is -0.494 e. The highest BCUT2D eigenvalue weighted by atomic mass is 16.5. The van der Waals surface area contributed by atoms with Gasteiger partial charge >= 0.3 is 0 Å². The molecular formula is C16H26N2O2. The maximum atomic E-state index is 8.71. The van der Waals surface area contributed by atoms with E-state index in [4.69, 9.17) is 15.7 Å². The fourth-order valence-electron chi connectivity index (χ4n) is 2.14. The van der Waals surface area contributed by atoms with E-state index in [9.17, 15) is 0 Å². The van der Waals surface area contributed by atoms with Gasteiger partial charge in [-0.05, 0) is 56.4 Å². The monoisotopic (exact) mass is 278 g/mol. The Labute approximate surface area is 121 Å². The minimum atomic E-state index is -0.269. The topological polar surface area (TPSA) is 67.8 Å². The molecule has 0 aliphatic heterocycles. The Balaban J connectivity index is 2.32. The molecule has 0 aromatic heterocycles. The highest BCUT2D eigenvalue weighted by Crippen LogP contribution is 2.23. The van der Waals surface area contributed by atoms with Gasteiger partial charge in [0.2, 0.25) is 0 Å². The molecule has 4 heteroatoms. The molecule has 0 aliphatic carbocycles. The van der Waals surface area contributed by atoms with E-state index >= 15 is 0 Å². The van der Waals surface area contributed by atoms with Gasteiger partial charge in [0.1, 0.15) is 11.6 Å². The number of hydrogen-bond acceptors (Lipinski definition) is 3. The van der Waals surface area contributed by atoms with Gasteiger partial charge in [-0.15, -0.1) is 0 Å². The molecular weight excluding hydrogens is 252 g/mol. The first-order chi connectivity index (χ1) is 9.35. The van der Waals surface area contributed by atoms with Crippen LogP contribution in [0.1, 0.15) is 44.2 Å². The van der Waals surface area contributed by atoms with Gasteiger partial charge in [-0.3, -0.25) is 0 Å². The maximum absolute atomic E-state index is 8.71. The van der Waals surface area contributed by atoms with Crippen LogP contribution in [0.3, 0.4) is 0 Å². The summed E-state index contributed by atoms with van der Waals surface area (Å²) in [6.45, 7) is 8.79. The average Bonchev–Trinajstić information content (AvgIpc) is 2.36. The molecule has 0 saturated heterocycles. The van der Waals surface area contributed by atoms with Gasteiger partial charge in [-0.2, -0.15) is 0 Å². The Morgan fingerprint density at radius 1 is 1.20 bits per heavy atom. The lowest BCUT2D eigenvalue weighted by Gasteiger charge is -2.22. The molecule has 0 bridgehead atoms. The minimum absolute atomic E-state index is 0.269. The third kappa shape index (κ3) is 5.11. The first-order valence-electron chi connectivity index (χ1n) is 7.04. The van der Waals surface area contributed by atoms with E-state index in [-0.39, 0.29) is 11.3 Å². The summed E-state index contributed by atoms with van der Waals surface area (Å²) in [6, 6.07) is 6.23. The second-order valence-corrected chi connectivity index (χ2v) is 6.00. The van der Waals surface area contributed by atoms with Crippen LogP contribution >= 0.6 is 0 Å². The van der Waals surface area contributed by atoms with E-state index in [2.05, 4.69) is 25.1 Å². The Morgan fingerprint density at radius 2 is 1.80 bits per heavy atom. The Kier molecular flexibility index (Phi) is 5.86. The third-order valence-corrected chi connectivity index (χ3v) is 3.46. The van der Waals surface area contributed by atoms with Crippen LogP contribution in [0.15, 0.2) is 23.4 Å². The molecule has 1 aromatic rings. The Morgan fingerprint density at radius 3 is 2.35 bits per heavy atom. The van der Waals surface area contributed by atoms with Gasteiger partial charge in [-0.25, -0.2) is 0 Å². The molecule has 1 rings (SSSR count). The van der Waals surface area contributed by atoms with E-state index < -0.39 is 0 Å². The molecule has 3 N–H and O–H groups in total. The van der Waals surface area contributed by atoms with Crippen LogP contribution in [0, 0.1) is 19.3 Å². The predicted octanol–water partition coefficient (Wildman–Crippen LogP) is 3.63. The Bertz CT molecular complexity index is 447. The second-order valence-electron chi connectivity index (χ2n) is 6.00. The summed E-state index contributed by atoms with van der Waals surface area (Å²) in [5, 5.41) is 11.8. The standard InChI is InChI=1S/C16H26N2O2/c1-12-9-13(2)11-14(10-12)20-8-6-5-7-16(3,4)15(17)18-19/h9-11,19H,5-8H2,1-4H3,(H2,17,18). The number of hydrogen-bond donors (Lipinski definition) is 2. The summed E-state index contributed by atoms with van der Waals surface area (Å²) in [7, 11) is 0. The van der Waals surface area contributed by atoms with Crippen molar-refractivity contribution < 1.29 is 9.94 Å². The van der Waals surface area contributed by atoms with Crippen LogP contribution in [0.5, 0.6) is 5.75 Å². The SMILES string of the molecule is Cc1cc(C)cc(OCCCCC(C)(C)/C(N)=N/O)c1. The lowest BCUT2D eigenvalue weighted by molar-refractivity contribution is 0.288. The molecule has 0 heterocycles. The summed E-state index contributed by atoms with van der Waals surface area (Å²) in [5.74, 6) is 1.21. The van der Waals surface area contributed by atoms with E-state index in [0.717, 1.165) is 25.0 Å². The Hall–Kier alpha value is -1.71. The third-order valence-electron chi connectivity index (χ3n) is 3.46. The molecule has 0 unspecified atom stereocenters. The van der Waals surface area contributed by atoms with Crippen molar-refractivity contribution in [1.82, 2.24) is 0 Å². The molecule has 0 amide bonds. The van der Waals surface area contributed by atoms with Crippen LogP contribution in [-0.2, 0) is 0 Å². The molecule has 0 spiro atoms. The van der Waals surface area contributed by atoms with Gasteiger partial charge in [0.05, 0.1) is 6.61 Å². The number of rotatable bonds is 7. The fourth-order valence-corrected chi connectivity index (χ4v) is 2.14. The number of nitrogens with zero attached hydrogens (tertiary/aromatic N) is 1. The normalized spacial score (nSPS) is 12.5. The summed E-state index contributed by atoms with van der Waals surface area (Å²) in [6.07, 6.45) is 2.81. The van der Waals surface area contributed by atoms with Crippen LogP contribution in [0.2, 0.25) is 0 Å². The van der Waals surface area contributed by atoms with Gasteiger partial charge in [-0.1, -0.05) is 25.1 Å². The molecule has 0 radical (unpaired) electrons. The zero-order valence-electron chi connectivity index (χ0n) is 12.9. The van der Waals surface area contributed by atoms with Crippen molar-refractivity contribution in [3.8, 4) is 5.75 Å². The number of nitrogens with two attached hydrogens (primary N) is 1. The van der Waals surface area contributed by atoms with Crippen molar-refractivity contribution in [1.29, 1.82) is 0 Å². The zero-order chi connectivity index (χ0) is 15.2. The van der Waals surface area contributed by atoms with Crippen molar-refractivity contribution in [2.45, 2.75) is 47.0 Å². The zero-order valence-corrected chi connectivity index (χ0v) is 12.9. The summed E-state index contributed by atoms with van der Waals surface area (Å²) in [4.78, 5) is 0. The van der Waals surface area contributed by atoms with E-state index in [1.165, 1.54) is 11.1 Å².